The van der Waals surface area contributed by atoms with Gasteiger partial charge in [0.1, 0.15) is 11.6 Å². The van der Waals surface area contributed by atoms with Crippen LogP contribution in [-0.2, 0) is 4.79 Å². The first-order chi connectivity index (χ1) is 7.89. The van der Waals surface area contributed by atoms with Crippen LogP contribution >= 0.6 is 0 Å². The highest BCUT2D eigenvalue weighted by Crippen LogP contribution is 2.22. The van der Waals surface area contributed by atoms with Crippen LogP contribution in [0, 0.1) is 11.2 Å². The SMILES string of the molecule is COc1cc(F)cc(NC(=O)C(C)(C)CN)c1. The number of hydrogen-bond acceptors (Lipinski definition) is 3. The Labute approximate surface area is 100.0 Å². The van der Waals surface area contributed by atoms with E-state index in [1.54, 1.807) is 19.9 Å². The molecule has 1 aromatic rings. The largest absolute Gasteiger partial charge is 0.497 e. The zero-order chi connectivity index (χ0) is 13.1. The van der Waals surface area contributed by atoms with Gasteiger partial charge in [-0.1, -0.05) is 0 Å². The van der Waals surface area contributed by atoms with Crippen LogP contribution in [0.4, 0.5) is 10.1 Å². The Balaban J connectivity index is 2.88. The summed E-state index contributed by atoms with van der Waals surface area (Å²) in [4.78, 5) is 11.8. The minimum Gasteiger partial charge on any atom is -0.497 e. The molecule has 0 aliphatic heterocycles. The molecule has 0 bridgehead atoms. The van der Waals surface area contributed by atoms with Gasteiger partial charge in [0.2, 0.25) is 5.91 Å². The van der Waals surface area contributed by atoms with E-state index in [9.17, 15) is 9.18 Å². The highest BCUT2D eigenvalue weighted by atomic mass is 19.1. The number of anilines is 1. The Bertz CT molecular complexity index is 419. The molecule has 5 heteroatoms. The fourth-order valence-corrected chi connectivity index (χ4v) is 1.15. The number of rotatable bonds is 4. The van der Waals surface area contributed by atoms with Gasteiger partial charge in [-0.05, 0) is 19.9 Å². The second-order valence-electron chi connectivity index (χ2n) is 4.42. The van der Waals surface area contributed by atoms with E-state index in [1.165, 1.54) is 19.2 Å². The first kappa shape index (κ1) is 13.4. The zero-order valence-electron chi connectivity index (χ0n) is 10.2. The molecule has 94 valence electrons. The zero-order valence-corrected chi connectivity index (χ0v) is 10.2. The average molecular weight is 240 g/mol. The van der Waals surface area contributed by atoms with E-state index < -0.39 is 11.2 Å². The van der Waals surface area contributed by atoms with Crippen molar-refractivity contribution in [2.24, 2.45) is 11.1 Å². The van der Waals surface area contributed by atoms with Crippen LogP contribution in [0.25, 0.3) is 0 Å². The molecule has 3 N–H and O–H groups in total. The molecule has 0 aliphatic rings. The molecule has 0 aliphatic carbocycles. The molecule has 4 nitrogen and oxygen atoms in total. The molecule has 1 amide bonds. The Morgan fingerprint density at radius 3 is 2.65 bits per heavy atom. The maximum atomic E-state index is 13.2. The number of nitrogens with two attached hydrogens (primary N) is 1. The number of ether oxygens (including phenoxy) is 1. The van der Waals surface area contributed by atoms with E-state index in [0.29, 0.717) is 11.4 Å². The van der Waals surface area contributed by atoms with Crippen molar-refractivity contribution in [2.45, 2.75) is 13.8 Å². The normalized spacial score (nSPS) is 11.1. The summed E-state index contributed by atoms with van der Waals surface area (Å²) >= 11 is 0. The third-order valence-corrected chi connectivity index (χ3v) is 2.49. The van der Waals surface area contributed by atoms with E-state index >= 15 is 0 Å². The summed E-state index contributed by atoms with van der Waals surface area (Å²) in [5.41, 5.74) is 5.15. The highest BCUT2D eigenvalue weighted by Gasteiger charge is 2.25. The number of benzene rings is 1. The number of hydrogen-bond donors (Lipinski definition) is 2. The summed E-state index contributed by atoms with van der Waals surface area (Å²) in [6.07, 6.45) is 0. The molecule has 17 heavy (non-hydrogen) atoms. The molecule has 0 atom stereocenters. The Morgan fingerprint density at radius 2 is 2.12 bits per heavy atom. The first-order valence-corrected chi connectivity index (χ1v) is 5.25. The Kier molecular flexibility index (Phi) is 4.07. The molecule has 0 heterocycles. The third kappa shape index (κ3) is 3.42. The van der Waals surface area contributed by atoms with Gasteiger partial charge >= 0.3 is 0 Å². The monoisotopic (exact) mass is 240 g/mol. The smallest absolute Gasteiger partial charge is 0.231 e. The molecular weight excluding hydrogens is 223 g/mol. The maximum absolute atomic E-state index is 13.2. The molecular formula is C12H17FN2O2. The summed E-state index contributed by atoms with van der Waals surface area (Å²) in [6, 6.07) is 4.02. The fraction of sp³-hybridized carbons (Fsp3) is 0.417. The van der Waals surface area contributed by atoms with E-state index in [4.69, 9.17) is 10.5 Å². The minimum atomic E-state index is -0.695. The van der Waals surface area contributed by atoms with E-state index in [-0.39, 0.29) is 12.5 Å². The maximum Gasteiger partial charge on any atom is 0.231 e. The summed E-state index contributed by atoms with van der Waals surface area (Å²) < 4.78 is 18.1. The average Bonchev–Trinajstić information content (AvgIpc) is 2.28. The van der Waals surface area contributed by atoms with Crippen molar-refractivity contribution in [3.63, 3.8) is 0 Å². The number of carbonyl (C=O) groups excluding carboxylic acids is 1. The van der Waals surface area contributed by atoms with Crippen molar-refractivity contribution < 1.29 is 13.9 Å². The van der Waals surface area contributed by atoms with Crippen molar-refractivity contribution in [1.29, 1.82) is 0 Å². The predicted octanol–water partition coefficient (Wildman–Crippen LogP) is 1.76. The lowest BCUT2D eigenvalue weighted by atomic mass is 9.92. The van der Waals surface area contributed by atoms with Crippen LogP contribution in [0.2, 0.25) is 0 Å². The van der Waals surface area contributed by atoms with Crippen LogP contribution in [-0.4, -0.2) is 19.6 Å². The van der Waals surface area contributed by atoms with Gasteiger partial charge in [-0.3, -0.25) is 4.79 Å². The van der Waals surface area contributed by atoms with Gasteiger partial charge in [-0.25, -0.2) is 4.39 Å². The molecule has 0 aromatic heterocycles. The van der Waals surface area contributed by atoms with E-state index in [1.807, 2.05) is 0 Å². The number of carbonyl (C=O) groups is 1. The quantitative estimate of drug-likeness (QED) is 0.842. The highest BCUT2D eigenvalue weighted by molar-refractivity contribution is 5.95. The molecule has 0 fully saturated rings. The van der Waals surface area contributed by atoms with Crippen LogP contribution in [0.15, 0.2) is 18.2 Å². The van der Waals surface area contributed by atoms with Crippen molar-refractivity contribution in [3.05, 3.63) is 24.0 Å². The molecule has 0 unspecified atom stereocenters. The van der Waals surface area contributed by atoms with Crippen LogP contribution in [0.3, 0.4) is 0 Å². The molecule has 1 rings (SSSR count). The Morgan fingerprint density at radius 1 is 1.47 bits per heavy atom. The number of methoxy groups -OCH3 is 1. The molecule has 0 saturated heterocycles. The van der Waals surface area contributed by atoms with Crippen molar-refractivity contribution in [1.82, 2.24) is 0 Å². The van der Waals surface area contributed by atoms with Gasteiger partial charge in [-0.2, -0.15) is 0 Å². The lowest BCUT2D eigenvalue weighted by molar-refractivity contribution is -0.123. The first-order valence-electron chi connectivity index (χ1n) is 5.25. The lowest BCUT2D eigenvalue weighted by Crippen LogP contribution is -2.37. The summed E-state index contributed by atoms with van der Waals surface area (Å²) in [5.74, 6) is -0.372. The lowest BCUT2D eigenvalue weighted by Gasteiger charge is -2.21. The molecule has 0 saturated carbocycles. The topological polar surface area (TPSA) is 64.3 Å². The second-order valence-corrected chi connectivity index (χ2v) is 4.42. The van der Waals surface area contributed by atoms with Crippen molar-refractivity contribution >= 4 is 11.6 Å². The minimum absolute atomic E-state index is 0.214. The van der Waals surface area contributed by atoms with Gasteiger partial charge in [0.05, 0.1) is 12.5 Å². The van der Waals surface area contributed by atoms with Crippen molar-refractivity contribution in [3.8, 4) is 5.75 Å². The third-order valence-electron chi connectivity index (χ3n) is 2.49. The molecule has 1 aromatic carbocycles. The van der Waals surface area contributed by atoms with Crippen molar-refractivity contribution in [2.75, 3.05) is 19.0 Å². The summed E-state index contributed by atoms with van der Waals surface area (Å²) in [6.45, 7) is 3.66. The Hall–Kier alpha value is -1.62. The standard InChI is InChI=1S/C12H17FN2O2/c1-12(2,7-14)11(16)15-9-4-8(13)5-10(6-9)17-3/h4-6H,7,14H2,1-3H3,(H,15,16). The molecule has 0 spiro atoms. The van der Waals surface area contributed by atoms with Gasteiger partial charge < -0.3 is 15.8 Å². The van der Waals surface area contributed by atoms with Crippen LogP contribution < -0.4 is 15.8 Å². The second kappa shape index (κ2) is 5.14. The van der Waals surface area contributed by atoms with Crippen LogP contribution in [0.1, 0.15) is 13.8 Å². The predicted molar refractivity (Wildman–Crippen MR) is 64.4 cm³/mol. The van der Waals surface area contributed by atoms with Gasteiger partial charge in [0, 0.05) is 24.4 Å². The van der Waals surface area contributed by atoms with Gasteiger partial charge in [0.25, 0.3) is 0 Å². The van der Waals surface area contributed by atoms with E-state index in [0.717, 1.165) is 0 Å². The fourth-order valence-electron chi connectivity index (χ4n) is 1.15. The number of nitrogens with one attached hydrogen (secondary N) is 1. The summed E-state index contributed by atoms with van der Waals surface area (Å²) in [7, 11) is 1.43. The molecule has 0 radical (unpaired) electrons. The summed E-state index contributed by atoms with van der Waals surface area (Å²) in [5, 5.41) is 2.61. The van der Waals surface area contributed by atoms with Crippen LogP contribution in [0.5, 0.6) is 5.75 Å². The number of amides is 1. The van der Waals surface area contributed by atoms with Gasteiger partial charge in [0.15, 0.2) is 0 Å². The number of halogens is 1. The van der Waals surface area contributed by atoms with Gasteiger partial charge in [-0.15, -0.1) is 0 Å². The van der Waals surface area contributed by atoms with E-state index in [2.05, 4.69) is 5.32 Å².